The minimum Gasteiger partial charge on any atom is -0.466 e. The molecule has 0 aliphatic carbocycles. The highest BCUT2D eigenvalue weighted by atomic mass is 32.2. The Morgan fingerprint density at radius 2 is 1.78 bits per heavy atom. The summed E-state index contributed by atoms with van der Waals surface area (Å²) in [7, 11) is -2.56. The smallest absolute Gasteiger partial charge is 0.466 e. The predicted molar refractivity (Wildman–Crippen MR) is 91.3 cm³/mol. The number of anilines is 1. The third kappa shape index (κ3) is 8.22. The molecule has 0 spiro atoms. The average molecular weight is 408 g/mol. The minimum atomic E-state index is -5.03. The summed E-state index contributed by atoms with van der Waals surface area (Å²) in [5.74, 6) is -2.61. The zero-order valence-electron chi connectivity index (χ0n) is 14.4. The van der Waals surface area contributed by atoms with Crippen LogP contribution in [0.25, 0.3) is 0 Å². The van der Waals surface area contributed by atoms with Gasteiger partial charge >= 0.3 is 18.1 Å². The molecule has 11 heteroatoms. The predicted octanol–water partition coefficient (Wildman–Crippen LogP) is 2.37. The van der Waals surface area contributed by atoms with Crippen LogP contribution >= 0.6 is 0 Å². The summed E-state index contributed by atoms with van der Waals surface area (Å²) in [5.41, 5.74) is -0.173. The normalized spacial score (nSPS) is 12.1. The molecule has 0 saturated heterocycles. The van der Waals surface area contributed by atoms with E-state index in [2.05, 4.69) is 9.46 Å². The Hall–Kier alpha value is -2.40. The lowest BCUT2D eigenvalue weighted by atomic mass is 10.2. The second-order valence-corrected chi connectivity index (χ2v) is 7.06. The van der Waals surface area contributed by atoms with E-state index < -0.39 is 28.1 Å². The lowest BCUT2D eigenvalue weighted by molar-refractivity contribution is -0.167. The fourth-order valence-electron chi connectivity index (χ4n) is 1.84. The van der Waals surface area contributed by atoms with Gasteiger partial charge in [-0.2, -0.15) is 13.2 Å². The second-order valence-electron chi connectivity index (χ2n) is 5.30. The number of allylic oxidation sites excluding steroid dienone is 1. The number of unbranched alkanes of at least 4 members (excludes halogenated alkanes) is 2. The maximum atomic E-state index is 12.2. The molecule has 1 aromatic rings. The number of benzene rings is 1. The first-order valence-electron chi connectivity index (χ1n) is 7.78. The SMILES string of the molecule is COC(=O)/C=C/CCCCNS(=O)(=O)c1ccc(NC(=O)C(F)(F)F)cc1. The van der Waals surface area contributed by atoms with Gasteiger partial charge in [0.25, 0.3) is 0 Å². The van der Waals surface area contributed by atoms with Gasteiger partial charge in [0.15, 0.2) is 0 Å². The van der Waals surface area contributed by atoms with Crippen molar-refractivity contribution in [2.75, 3.05) is 19.0 Å². The Bertz CT molecular complexity index is 774. The highest BCUT2D eigenvalue weighted by molar-refractivity contribution is 7.89. The number of esters is 1. The Balaban J connectivity index is 2.48. The van der Waals surface area contributed by atoms with Crippen LogP contribution < -0.4 is 10.0 Å². The van der Waals surface area contributed by atoms with Crippen LogP contribution in [0, 0.1) is 0 Å². The molecule has 0 aromatic heterocycles. The maximum Gasteiger partial charge on any atom is 0.471 e. The molecule has 0 saturated carbocycles. The van der Waals surface area contributed by atoms with Crippen molar-refractivity contribution in [1.82, 2.24) is 4.72 Å². The molecule has 0 atom stereocenters. The third-order valence-corrected chi connectivity index (χ3v) is 4.70. The molecular weight excluding hydrogens is 389 g/mol. The number of rotatable bonds is 9. The fourth-order valence-corrected chi connectivity index (χ4v) is 2.92. The van der Waals surface area contributed by atoms with Gasteiger partial charge < -0.3 is 10.1 Å². The van der Waals surface area contributed by atoms with Crippen molar-refractivity contribution in [3.8, 4) is 0 Å². The van der Waals surface area contributed by atoms with Gasteiger partial charge in [0.2, 0.25) is 10.0 Å². The molecule has 0 unspecified atom stereocenters. The van der Waals surface area contributed by atoms with E-state index in [-0.39, 0.29) is 17.1 Å². The first-order valence-corrected chi connectivity index (χ1v) is 9.27. The summed E-state index contributed by atoms with van der Waals surface area (Å²) < 4.78 is 67.5. The van der Waals surface area contributed by atoms with E-state index in [9.17, 15) is 31.2 Å². The standard InChI is InChI=1S/C16H19F3N2O5S/c1-26-14(22)6-4-2-3-5-11-20-27(24,25)13-9-7-12(8-10-13)21-15(23)16(17,18)19/h4,6-10,20H,2-3,5,11H2,1H3,(H,21,23)/b6-4+. The van der Waals surface area contributed by atoms with E-state index in [4.69, 9.17) is 0 Å². The monoisotopic (exact) mass is 408 g/mol. The Kier molecular flexibility index (Phi) is 8.44. The molecule has 0 heterocycles. The van der Waals surface area contributed by atoms with Crippen LogP contribution in [-0.4, -0.2) is 40.1 Å². The van der Waals surface area contributed by atoms with E-state index in [1.165, 1.54) is 13.2 Å². The highest BCUT2D eigenvalue weighted by Crippen LogP contribution is 2.19. The van der Waals surface area contributed by atoms with Gasteiger partial charge in [-0.1, -0.05) is 6.08 Å². The van der Waals surface area contributed by atoms with Gasteiger partial charge in [0, 0.05) is 18.3 Å². The molecule has 1 rings (SSSR count). The highest BCUT2D eigenvalue weighted by Gasteiger charge is 2.38. The average Bonchev–Trinajstić information content (AvgIpc) is 2.60. The second kappa shape index (κ2) is 10.1. The molecule has 7 nitrogen and oxygen atoms in total. The van der Waals surface area contributed by atoms with E-state index in [0.29, 0.717) is 19.3 Å². The molecule has 0 aliphatic rings. The summed E-state index contributed by atoms with van der Waals surface area (Å²) in [6, 6.07) is 4.31. The summed E-state index contributed by atoms with van der Waals surface area (Å²) in [5, 5.41) is 1.63. The lowest BCUT2D eigenvalue weighted by Crippen LogP contribution is -2.30. The number of amides is 1. The topological polar surface area (TPSA) is 102 Å². The molecule has 2 N–H and O–H groups in total. The first kappa shape index (κ1) is 22.6. The molecule has 150 valence electrons. The quantitative estimate of drug-likeness (QED) is 0.371. The van der Waals surface area contributed by atoms with Crippen molar-refractivity contribution in [1.29, 1.82) is 0 Å². The van der Waals surface area contributed by atoms with E-state index in [0.717, 1.165) is 24.3 Å². The summed E-state index contributed by atoms with van der Waals surface area (Å²) >= 11 is 0. The van der Waals surface area contributed by atoms with Crippen LogP contribution in [0.2, 0.25) is 0 Å². The maximum absolute atomic E-state index is 12.2. The largest absolute Gasteiger partial charge is 0.471 e. The molecule has 0 radical (unpaired) electrons. The number of carbonyl (C=O) groups excluding carboxylic acids is 2. The van der Waals surface area contributed by atoms with E-state index >= 15 is 0 Å². The summed E-state index contributed by atoms with van der Waals surface area (Å²) in [6.45, 7) is 0.154. The number of hydrogen-bond acceptors (Lipinski definition) is 5. The summed E-state index contributed by atoms with van der Waals surface area (Å²) in [6.07, 6.45) is -0.400. The van der Waals surface area contributed by atoms with Crippen LogP contribution in [-0.2, 0) is 24.3 Å². The number of sulfonamides is 1. The van der Waals surface area contributed by atoms with Gasteiger partial charge in [-0.25, -0.2) is 17.9 Å². The van der Waals surface area contributed by atoms with Crippen molar-refractivity contribution in [2.24, 2.45) is 0 Å². The molecule has 0 bridgehead atoms. The Morgan fingerprint density at radius 3 is 2.33 bits per heavy atom. The number of carbonyl (C=O) groups is 2. The van der Waals surface area contributed by atoms with Crippen LogP contribution in [0.3, 0.4) is 0 Å². The fraction of sp³-hybridized carbons (Fsp3) is 0.375. The van der Waals surface area contributed by atoms with E-state index in [1.54, 1.807) is 11.4 Å². The van der Waals surface area contributed by atoms with Crippen LogP contribution in [0.1, 0.15) is 19.3 Å². The number of hydrogen-bond donors (Lipinski definition) is 2. The van der Waals surface area contributed by atoms with E-state index in [1.807, 2.05) is 0 Å². The number of methoxy groups -OCH3 is 1. The van der Waals surface area contributed by atoms with Crippen molar-refractivity contribution in [3.05, 3.63) is 36.4 Å². The third-order valence-electron chi connectivity index (χ3n) is 3.22. The summed E-state index contributed by atoms with van der Waals surface area (Å²) in [4.78, 5) is 21.5. The van der Waals surface area contributed by atoms with Gasteiger partial charge in [-0.15, -0.1) is 0 Å². The van der Waals surface area contributed by atoms with Crippen molar-refractivity contribution < 1.29 is 35.9 Å². The van der Waals surface area contributed by atoms with Gasteiger partial charge in [-0.05, 0) is 43.5 Å². The molecule has 0 aliphatic heterocycles. The Labute approximate surface area is 154 Å². The van der Waals surface area contributed by atoms with Crippen LogP contribution in [0.15, 0.2) is 41.3 Å². The molecule has 0 fully saturated rings. The van der Waals surface area contributed by atoms with Crippen molar-refractivity contribution in [2.45, 2.75) is 30.3 Å². The van der Waals surface area contributed by atoms with Crippen molar-refractivity contribution in [3.63, 3.8) is 0 Å². The van der Waals surface area contributed by atoms with Crippen molar-refractivity contribution >= 4 is 27.6 Å². The first-order chi connectivity index (χ1) is 12.6. The minimum absolute atomic E-state index is 0.141. The number of nitrogens with one attached hydrogen (secondary N) is 2. The number of alkyl halides is 3. The van der Waals surface area contributed by atoms with Crippen LogP contribution in [0.4, 0.5) is 18.9 Å². The lowest BCUT2D eigenvalue weighted by Gasteiger charge is -2.09. The molecule has 1 amide bonds. The molecule has 1 aromatic carbocycles. The zero-order valence-corrected chi connectivity index (χ0v) is 15.2. The van der Waals surface area contributed by atoms with Gasteiger partial charge in [0.1, 0.15) is 0 Å². The molecule has 27 heavy (non-hydrogen) atoms. The van der Waals surface area contributed by atoms with Gasteiger partial charge in [-0.3, -0.25) is 4.79 Å². The number of ether oxygens (including phenoxy) is 1. The van der Waals surface area contributed by atoms with Crippen LogP contribution in [0.5, 0.6) is 0 Å². The molecular formula is C16H19F3N2O5S. The van der Waals surface area contributed by atoms with Gasteiger partial charge in [0.05, 0.1) is 12.0 Å². The number of halogens is 3. The zero-order chi connectivity index (χ0) is 20.5. The Morgan fingerprint density at radius 1 is 1.15 bits per heavy atom.